The summed E-state index contributed by atoms with van der Waals surface area (Å²) in [5.41, 5.74) is 8.04. The van der Waals surface area contributed by atoms with E-state index in [2.05, 4.69) is 20.6 Å². The Morgan fingerprint density at radius 3 is 2.88 bits per heavy atom. The first-order chi connectivity index (χ1) is 16.0. The molecule has 10 nitrogen and oxygen atoms in total. The molecule has 3 aromatic rings. The van der Waals surface area contributed by atoms with Gasteiger partial charge in [0.15, 0.2) is 16.6 Å². The molecular weight excluding hydrogens is 448 g/mol. The fourth-order valence-electron chi connectivity index (χ4n) is 4.59. The largest absolute Gasteiger partial charge is 0.494 e. The fraction of sp³-hybridized carbons (Fsp3) is 0.364. The van der Waals surface area contributed by atoms with Gasteiger partial charge in [0.05, 0.1) is 37.9 Å². The molecule has 1 aromatic carbocycles. The maximum Gasteiger partial charge on any atom is 0.271 e. The third-order valence-corrected chi connectivity index (χ3v) is 6.19. The van der Waals surface area contributed by atoms with Crippen LogP contribution in [0.1, 0.15) is 35.8 Å². The van der Waals surface area contributed by atoms with Crippen LogP contribution in [-0.4, -0.2) is 52.0 Å². The summed E-state index contributed by atoms with van der Waals surface area (Å²) in [6, 6.07) is 7.13. The van der Waals surface area contributed by atoms with Crippen LogP contribution in [0.4, 0.5) is 11.4 Å². The molecule has 1 atom stereocenters. The minimum atomic E-state index is -0.722. The molecule has 2 fully saturated rings. The van der Waals surface area contributed by atoms with E-state index < -0.39 is 11.7 Å². The van der Waals surface area contributed by atoms with Crippen molar-refractivity contribution < 1.29 is 19.0 Å². The van der Waals surface area contributed by atoms with E-state index in [0.717, 1.165) is 30.4 Å². The van der Waals surface area contributed by atoms with Gasteiger partial charge in [-0.1, -0.05) is 23.7 Å². The van der Waals surface area contributed by atoms with E-state index in [1.807, 2.05) is 29.1 Å². The average molecular weight is 471 g/mol. The Labute approximate surface area is 195 Å². The molecule has 172 valence electrons. The van der Waals surface area contributed by atoms with Crippen molar-refractivity contribution in [1.82, 2.24) is 20.0 Å². The van der Waals surface area contributed by atoms with Gasteiger partial charge in [-0.15, -0.1) is 10.2 Å². The number of methoxy groups -OCH3 is 1. The Balaban J connectivity index is 1.49. The SMILES string of the molecule is COc1c(Nc2cc(Cl)nnc2C(N)=O)cccc1-c1cnn(C2CCCC23OCCO3)c1. The number of anilines is 2. The summed E-state index contributed by atoms with van der Waals surface area (Å²) in [7, 11) is 1.58. The molecule has 5 rings (SSSR count). The van der Waals surface area contributed by atoms with Crippen molar-refractivity contribution in [2.24, 2.45) is 5.73 Å². The molecule has 3 heterocycles. The molecule has 1 spiro atoms. The lowest BCUT2D eigenvalue weighted by Gasteiger charge is -2.29. The minimum absolute atomic E-state index is 0.0178. The number of ether oxygens (including phenoxy) is 3. The first kappa shape index (κ1) is 21.6. The molecule has 11 heteroatoms. The van der Waals surface area contributed by atoms with Crippen molar-refractivity contribution in [2.45, 2.75) is 31.1 Å². The number of amides is 1. The van der Waals surface area contributed by atoms with Gasteiger partial charge < -0.3 is 25.3 Å². The number of aromatic nitrogens is 4. The number of halogens is 1. The normalized spacial score (nSPS) is 19.2. The number of nitrogens with two attached hydrogens (primary N) is 1. The van der Waals surface area contributed by atoms with Crippen LogP contribution in [0.5, 0.6) is 5.75 Å². The second kappa shape index (κ2) is 8.62. The van der Waals surface area contributed by atoms with E-state index in [1.165, 1.54) is 6.07 Å². The molecule has 0 bridgehead atoms. The van der Waals surface area contributed by atoms with Gasteiger partial charge in [-0.3, -0.25) is 9.48 Å². The number of nitrogens with one attached hydrogen (secondary N) is 1. The van der Waals surface area contributed by atoms with E-state index in [-0.39, 0.29) is 16.9 Å². The van der Waals surface area contributed by atoms with Crippen molar-refractivity contribution in [2.75, 3.05) is 25.6 Å². The van der Waals surface area contributed by atoms with E-state index in [9.17, 15) is 4.79 Å². The highest BCUT2D eigenvalue weighted by atomic mass is 35.5. The topological polar surface area (TPSA) is 126 Å². The van der Waals surface area contributed by atoms with Crippen LogP contribution >= 0.6 is 11.6 Å². The molecule has 1 aliphatic heterocycles. The Kier molecular flexibility index (Phi) is 5.65. The summed E-state index contributed by atoms with van der Waals surface area (Å²) >= 11 is 5.98. The van der Waals surface area contributed by atoms with Gasteiger partial charge in [-0.2, -0.15) is 5.10 Å². The molecule has 33 heavy (non-hydrogen) atoms. The second-order valence-corrected chi connectivity index (χ2v) is 8.32. The summed E-state index contributed by atoms with van der Waals surface area (Å²) in [5.74, 6) is -0.745. The highest BCUT2D eigenvalue weighted by Crippen LogP contribution is 2.46. The van der Waals surface area contributed by atoms with Crippen molar-refractivity contribution >= 4 is 28.9 Å². The van der Waals surface area contributed by atoms with Gasteiger partial charge in [0.1, 0.15) is 11.8 Å². The van der Waals surface area contributed by atoms with Gasteiger partial charge in [-0.25, -0.2) is 0 Å². The molecule has 1 amide bonds. The van der Waals surface area contributed by atoms with Crippen LogP contribution in [0.3, 0.4) is 0 Å². The maximum atomic E-state index is 11.8. The average Bonchev–Trinajstić information content (AvgIpc) is 3.55. The number of carbonyl (C=O) groups excluding carboxylic acids is 1. The molecule has 2 aromatic heterocycles. The van der Waals surface area contributed by atoms with Crippen molar-refractivity contribution in [3.05, 3.63) is 47.5 Å². The fourth-order valence-corrected chi connectivity index (χ4v) is 4.74. The number of rotatable bonds is 6. The predicted octanol–water partition coefficient (Wildman–Crippen LogP) is 3.31. The summed E-state index contributed by atoms with van der Waals surface area (Å²) in [6.07, 6.45) is 6.59. The van der Waals surface area contributed by atoms with Crippen LogP contribution in [0.15, 0.2) is 36.7 Å². The van der Waals surface area contributed by atoms with Crippen LogP contribution in [0.2, 0.25) is 5.15 Å². The lowest BCUT2D eigenvalue weighted by Crippen LogP contribution is -2.36. The zero-order valence-corrected chi connectivity index (χ0v) is 18.7. The first-order valence-electron chi connectivity index (χ1n) is 10.6. The van der Waals surface area contributed by atoms with Gasteiger partial charge >= 0.3 is 0 Å². The summed E-state index contributed by atoms with van der Waals surface area (Å²) in [6.45, 7) is 1.21. The van der Waals surface area contributed by atoms with Gasteiger partial charge in [0.25, 0.3) is 5.91 Å². The molecule has 1 unspecified atom stereocenters. The highest BCUT2D eigenvalue weighted by Gasteiger charge is 2.49. The van der Waals surface area contributed by atoms with Crippen LogP contribution in [0, 0.1) is 0 Å². The quantitative estimate of drug-likeness (QED) is 0.561. The number of hydrogen-bond donors (Lipinski definition) is 2. The molecule has 2 aliphatic rings. The zero-order valence-electron chi connectivity index (χ0n) is 18.0. The minimum Gasteiger partial charge on any atom is -0.494 e. The summed E-state index contributed by atoms with van der Waals surface area (Å²) < 4.78 is 19.6. The Morgan fingerprint density at radius 1 is 1.30 bits per heavy atom. The van der Waals surface area contributed by atoms with Crippen LogP contribution < -0.4 is 15.8 Å². The van der Waals surface area contributed by atoms with Crippen molar-refractivity contribution in [3.63, 3.8) is 0 Å². The second-order valence-electron chi connectivity index (χ2n) is 7.93. The monoisotopic (exact) mass is 470 g/mol. The standard InChI is InChI=1S/C22H23ClN6O4/c1-31-20-14(4-2-5-15(20)26-16-10-18(23)27-28-19(16)21(24)30)13-11-25-29(12-13)17-6-3-7-22(17)32-8-9-33-22/h2,4-5,10-12,17H,3,6-9H2,1H3,(H2,24,30)(H,26,27). The molecule has 3 N–H and O–H groups in total. The third-order valence-electron chi connectivity index (χ3n) is 6.00. The van der Waals surface area contributed by atoms with Crippen molar-refractivity contribution in [1.29, 1.82) is 0 Å². The van der Waals surface area contributed by atoms with Crippen LogP contribution in [0.25, 0.3) is 11.1 Å². The van der Waals surface area contributed by atoms with Crippen LogP contribution in [-0.2, 0) is 9.47 Å². The molecule has 1 saturated carbocycles. The van der Waals surface area contributed by atoms with Gasteiger partial charge in [-0.05, 0) is 18.9 Å². The number of benzene rings is 1. The Bertz CT molecular complexity index is 1190. The molecule has 1 aliphatic carbocycles. The van der Waals surface area contributed by atoms with Gasteiger partial charge in [0, 0.05) is 29.8 Å². The number of hydrogen-bond acceptors (Lipinski definition) is 8. The third kappa shape index (κ3) is 3.90. The lowest BCUT2D eigenvalue weighted by atomic mass is 10.1. The number of primary amides is 1. The first-order valence-corrected chi connectivity index (χ1v) is 11.0. The molecular formula is C22H23ClN6O4. The van der Waals surface area contributed by atoms with E-state index in [0.29, 0.717) is 30.3 Å². The number of carbonyl (C=O) groups is 1. The van der Waals surface area contributed by atoms with E-state index in [4.69, 9.17) is 31.5 Å². The molecule has 0 radical (unpaired) electrons. The Hall–Kier alpha value is -3.21. The van der Waals surface area contributed by atoms with E-state index >= 15 is 0 Å². The lowest BCUT2D eigenvalue weighted by molar-refractivity contribution is -0.177. The smallest absolute Gasteiger partial charge is 0.271 e. The highest BCUT2D eigenvalue weighted by molar-refractivity contribution is 6.29. The zero-order chi connectivity index (χ0) is 23.0. The van der Waals surface area contributed by atoms with Gasteiger partial charge in [0.2, 0.25) is 0 Å². The van der Waals surface area contributed by atoms with Crippen molar-refractivity contribution in [3.8, 4) is 16.9 Å². The summed E-state index contributed by atoms with van der Waals surface area (Å²) in [5, 5.41) is 15.4. The Morgan fingerprint density at radius 2 is 2.12 bits per heavy atom. The number of para-hydroxylation sites is 1. The van der Waals surface area contributed by atoms with E-state index in [1.54, 1.807) is 13.3 Å². The number of nitrogens with zero attached hydrogens (tertiary/aromatic N) is 4. The maximum absolute atomic E-state index is 11.8. The molecule has 1 saturated heterocycles. The predicted molar refractivity (Wildman–Crippen MR) is 121 cm³/mol. The summed E-state index contributed by atoms with van der Waals surface area (Å²) in [4.78, 5) is 11.8.